The van der Waals surface area contributed by atoms with Crippen molar-refractivity contribution in [2.24, 2.45) is 0 Å². The minimum atomic E-state index is -0.850. The van der Waals surface area contributed by atoms with Gasteiger partial charge in [0.1, 0.15) is 5.69 Å². The molecule has 11 nitrogen and oxygen atoms in total. The SMILES string of the molecule is O=[N+]([O-])c1ccc(Nc2ncc(Cl)cc2[N+](=O)[O-])c([N+](=O)[O-])c1. The fourth-order valence-corrected chi connectivity index (χ4v) is 1.83. The molecule has 0 aliphatic heterocycles. The van der Waals surface area contributed by atoms with Gasteiger partial charge in [0.05, 0.1) is 25.9 Å². The number of hydrogen-bond acceptors (Lipinski definition) is 8. The number of non-ortho nitro benzene ring substituents is 1. The lowest BCUT2D eigenvalue weighted by molar-refractivity contribution is -0.393. The highest BCUT2D eigenvalue weighted by Crippen LogP contribution is 2.34. The summed E-state index contributed by atoms with van der Waals surface area (Å²) in [4.78, 5) is 34.0. The van der Waals surface area contributed by atoms with E-state index < -0.39 is 31.8 Å². The van der Waals surface area contributed by atoms with Gasteiger partial charge in [-0.2, -0.15) is 0 Å². The van der Waals surface area contributed by atoms with E-state index in [-0.39, 0.29) is 16.5 Å². The van der Waals surface area contributed by atoms with Gasteiger partial charge >= 0.3 is 5.69 Å². The van der Waals surface area contributed by atoms with E-state index in [1.165, 1.54) is 0 Å². The van der Waals surface area contributed by atoms with E-state index in [0.717, 1.165) is 30.5 Å². The summed E-state index contributed by atoms with van der Waals surface area (Å²) in [7, 11) is 0. The van der Waals surface area contributed by atoms with E-state index in [1.807, 2.05) is 0 Å². The van der Waals surface area contributed by atoms with Gasteiger partial charge < -0.3 is 5.32 Å². The lowest BCUT2D eigenvalue weighted by Gasteiger charge is -2.07. The summed E-state index contributed by atoms with van der Waals surface area (Å²) in [5.74, 6) is -0.281. The van der Waals surface area contributed by atoms with Crippen LogP contribution in [0.5, 0.6) is 0 Å². The maximum absolute atomic E-state index is 11.0. The molecule has 1 N–H and O–H groups in total. The molecule has 0 saturated carbocycles. The number of anilines is 2. The number of pyridine rings is 1. The van der Waals surface area contributed by atoms with Crippen LogP contribution in [0.3, 0.4) is 0 Å². The Bertz CT molecular complexity index is 827. The molecule has 0 spiro atoms. The van der Waals surface area contributed by atoms with E-state index >= 15 is 0 Å². The van der Waals surface area contributed by atoms with Gasteiger partial charge in [0.15, 0.2) is 0 Å². The van der Waals surface area contributed by atoms with Crippen molar-refractivity contribution in [3.63, 3.8) is 0 Å². The second-order valence-corrected chi connectivity index (χ2v) is 4.56. The predicted octanol–water partition coefficient (Wildman–Crippen LogP) is 3.20. The number of nitrogens with one attached hydrogen (secondary N) is 1. The van der Waals surface area contributed by atoms with Crippen molar-refractivity contribution >= 4 is 40.2 Å². The van der Waals surface area contributed by atoms with Crippen LogP contribution in [-0.4, -0.2) is 19.8 Å². The van der Waals surface area contributed by atoms with Gasteiger partial charge in [0.25, 0.3) is 11.4 Å². The quantitative estimate of drug-likeness (QED) is 0.643. The summed E-state index contributed by atoms with van der Waals surface area (Å²) in [5.41, 5.74) is -1.78. The predicted molar refractivity (Wildman–Crippen MR) is 78.9 cm³/mol. The monoisotopic (exact) mass is 339 g/mol. The van der Waals surface area contributed by atoms with Crippen molar-refractivity contribution in [2.75, 3.05) is 5.32 Å². The highest BCUT2D eigenvalue weighted by Gasteiger charge is 2.23. The van der Waals surface area contributed by atoms with Crippen LogP contribution in [0.25, 0.3) is 0 Å². The van der Waals surface area contributed by atoms with Crippen molar-refractivity contribution in [3.8, 4) is 0 Å². The van der Waals surface area contributed by atoms with E-state index in [1.54, 1.807) is 0 Å². The van der Waals surface area contributed by atoms with Crippen LogP contribution in [0.1, 0.15) is 0 Å². The molecule has 2 aromatic rings. The first kappa shape index (κ1) is 16.0. The first-order chi connectivity index (χ1) is 10.8. The third kappa shape index (κ3) is 3.47. The number of nitro groups is 3. The van der Waals surface area contributed by atoms with Gasteiger partial charge in [-0.05, 0) is 6.07 Å². The number of benzene rings is 1. The smallest absolute Gasteiger partial charge is 0.313 e. The molecule has 0 unspecified atom stereocenters. The lowest BCUT2D eigenvalue weighted by atomic mass is 10.2. The number of aromatic nitrogens is 1. The highest BCUT2D eigenvalue weighted by molar-refractivity contribution is 6.30. The molecule has 118 valence electrons. The second kappa shape index (κ2) is 6.19. The molecular formula is C11H6ClN5O6. The van der Waals surface area contributed by atoms with Crippen LogP contribution in [0.4, 0.5) is 28.6 Å². The molecule has 2 rings (SSSR count). The van der Waals surface area contributed by atoms with E-state index in [2.05, 4.69) is 10.3 Å². The zero-order chi connectivity index (χ0) is 17.1. The average molecular weight is 340 g/mol. The Morgan fingerprint density at radius 3 is 2.17 bits per heavy atom. The number of rotatable bonds is 5. The Hall–Kier alpha value is -3.34. The second-order valence-electron chi connectivity index (χ2n) is 4.12. The fourth-order valence-electron chi connectivity index (χ4n) is 1.68. The first-order valence-corrected chi connectivity index (χ1v) is 6.17. The molecule has 0 saturated heterocycles. The van der Waals surface area contributed by atoms with Crippen LogP contribution in [0, 0.1) is 30.3 Å². The van der Waals surface area contributed by atoms with Gasteiger partial charge in [0.2, 0.25) is 5.82 Å². The normalized spacial score (nSPS) is 10.1. The lowest BCUT2D eigenvalue weighted by Crippen LogP contribution is -2.02. The molecule has 0 bridgehead atoms. The third-order valence-electron chi connectivity index (χ3n) is 2.67. The molecule has 23 heavy (non-hydrogen) atoms. The van der Waals surface area contributed by atoms with Gasteiger partial charge in [-0.25, -0.2) is 4.98 Å². The molecule has 0 aliphatic carbocycles. The first-order valence-electron chi connectivity index (χ1n) is 5.79. The summed E-state index contributed by atoms with van der Waals surface area (Å²) >= 11 is 5.62. The summed E-state index contributed by atoms with van der Waals surface area (Å²) in [5, 5.41) is 35.1. The number of halogens is 1. The Kier molecular flexibility index (Phi) is 4.32. The zero-order valence-corrected chi connectivity index (χ0v) is 11.8. The van der Waals surface area contributed by atoms with Gasteiger partial charge in [-0.3, -0.25) is 30.3 Å². The van der Waals surface area contributed by atoms with E-state index in [9.17, 15) is 30.3 Å². The Morgan fingerprint density at radius 1 is 0.957 bits per heavy atom. The molecule has 1 aromatic heterocycles. The summed E-state index contributed by atoms with van der Waals surface area (Å²) in [6, 6.07) is 3.85. The maximum atomic E-state index is 11.0. The molecule has 0 radical (unpaired) electrons. The summed E-state index contributed by atoms with van der Waals surface area (Å²) in [6.07, 6.45) is 1.12. The number of hydrogen-bond donors (Lipinski definition) is 1. The minimum absolute atomic E-state index is 0.0143. The third-order valence-corrected chi connectivity index (χ3v) is 2.88. The van der Waals surface area contributed by atoms with Gasteiger partial charge in [-0.15, -0.1) is 0 Å². The number of nitro benzene ring substituents is 2. The van der Waals surface area contributed by atoms with E-state index in [0.29, 0.717) is 0 Å². The van der Waals surface area contributed by atoms with E-state index in [4.69, 9.17) is 11.6 Å². The minimum Gasteiger partial charge on any atom is -0.329 e. The summed E-state index contributed by atoms with van der Waals surface area (Å²) < 4.78 is 0. The summed E-state index contributed by atoms with van der Waals surface area (Å²) in [6.45, 7) is 0. The van der Waals surface area contributed by atoms with Crippen molar-refractivity contribution in [1.29, 1.82) is 0 Å². The standard InChI is InChI=1S/C11H6ClN5O6/c12-6-3-10(17(22)23)11(13-5-6)14-8-2-1-7(15(18)19)4-9(8)16(20)21/h1-5H,(H,13,14). The average Bonchev–Trinajstić information content (AvgIpc) is 2.48. The van der Waals surface area contributed by atoms with Crippen LogP contribution >= 0.6 is 11.6 Å². The fraction of sp³-hybridized carbons (Fsp3) is 0. The van der Waals surface area contributed by atoms with Crippen molar-refractivity contribution < 1.29 is 14.8 Å². The van der Waals surface area contributed by atoms with Crippen LogP contribution in [0.15, 0.2) is 30.5 Å². The van der Waals surface area contributed by atoms with Crippen LogP contribution < -0.4 is 5.32 Å². The van der Waals surface area contributed by atoms with Crippen LogP contribution in [-0.2, 0) is 0 Å². The Morgan fingerprint density at radius 2 is 1.61 bits per heavy atom. The van der Waals surface area contributed by atoms with Crippen LogP contribution in [0.2, 0.25) is 5.02 Å². The highest BCUT2D eigenvalue weighted by atomic mass is 35.5. The topological polar surface area (TPSA) is 154 Å². The maximum Gasteiger partial charge on any atom is 0.313 e. The molecular weight excluding hydrogens is 334 g/mol. The Labute approximate surface area is 132 Å². The van der Waals surface area contributed by atoms with Crippen molar-refractivity contribution in [1.82, 2.24) is 4.98 Å². The zero-order valence-electron chi connectivity index (χ0n) is 11.0. The van der Waals surface area contributed by atoms with Gasteiger partial charge in [-0.1, -0.05) is 11.6 Å². The molecule has 12 heteroatoms. The molecule has 0 amide bonds. The number of nitrogens with zero attached hydrogens (tertiary/aromatic N) is 4. The molecule has 0 aliphatic rings. The Balaban J connectivity index is 2.50. The van der Waals surface area contributed by atoms with Gasteiger partial charge in [0, 0.05) is 18.3 Å². The largest absolute Gasteiger partial charge is 0.329 e. The molecule has 1 aromatic carbocycles. The molecule has 1 heterocycles. The van der Waals surface area contributed by atoms with Crippen molar-refractivity contribution in [2.45, 2.75) is 0 Å². The molecule has 0 atom stereocenters. The van der Waals surface area contributed by atoms with Crippen molar-refractivity contribution in [3.05, 3.63) is 65.8 Å². The molecule has 0 fully saturated rings.